The van der Waals surface area contributed by atoms with Crippen LogP contribution in [-0.4, -0.2) is 29.6 Å². The van der Waals surface area contributed by atoms with Gasteiger partial charge in [0.1, 0.15) is 0 Å². The largest absolute Gasteiger partial charge is 0.396 e. The summed E-state index contributed by atoms with van der Waals surface area (Å²) in [6.07, 6.45) is 3.25. The van der Waals surface area contributed by atoms with Crippen molar-refractivity contribution in [3.05, 3.63) is 29.3 Å². The van der Waals surface area contributed by atoms with E-state index in [0.29, 0.717) is 17.5 Å². The SMILES string of the molecule is Cc1ccc(C)c(NC(=O)C(=O)N[C@@H]2[C@H]3CC[C@@H](C3)[C@H]2CO)c1. The molecule has 2 fully saturated rings. The molecule has 0 radical (unpaired) electrons. The van der Waals surface area contributed by atoms with E-state index in [0.717, 1.165) is 30.4 Å². The Morgan fingerprint density at radius 2 is 1.91 bits per heavy atom. The first kappa shape index (κ1) is 16.0. The van der Waals surface area contributed by atoms with Crippen LogP contribution >= 0.6 is 0 Å². The van der Waals surface area contributed by atoms with Crippen molar-refractivity contribution in [2.45, 2.75) is 39.2 Å². The average Bonchev–Trinajstić information content (AvgIpc) is 3.11. The Balaban J connectivity index is 1.64. The van der Waals surface area contributed by atoms with Crippen molar-refractivity contribution in [3.63, 3.8) is 0 Å². The number of hydrogen-bond donors (Lipinski definition) is 3. The molecule has 0 aromatic heterocycles. The van der Waals surface area contributed by atoms with Crippen LogP contribution in [0, 0.1) is 31.6 Å². The maximum Gasteiger partial charge on any atom is 0.313 e. The van der Waals surface area contributed by atoms with Gasteiger partial charge in [0.15, 0.2) is 0 Å². The van der Waals surface area contributed by atoms with Crippen LogP contribution in [0.3, 0.4) is 0 Å². The van der Waals surface area contributed by atoms with Gasteiger partial charge in [-0.05, 0) is 62.1 Å². The maximum absolute atomic E-state index is 12.2. The number of fused-ring (bicyclic) bond motifs is 2. The third-order valence-electron chi connectivity index (χ3n) is 5.44. The van der Waals surface area contributed by atoms with Gasteiger partial charge in [0.2, 0.25) is 0 Å². The molecule has 2 aliphatic rings. The molecule has 2 aliphatic carbocycles. The third kappa shape index (κ3) is 3.11. The maximum atomic E-state index is 12.2. The van der Waals surface area contributed by atoms with Crippen molar-refractivity contribution in [3.8, 4) is 0 Å². The molecule has 4 atom stereocenters. The van der Waals surface area contributed by atoms with Crippen LogP contribution in [0.15, 0.2) is 18.2 Å². The minimum atomic E-state index is -0.641. The molecule has 2 saturated carbocycles. The fraction of sp³-hybridized carbons (Fsp3) is 0.556. The Bertz CT molecular complexity index is 629. The lowest BCUT2D eigenvalue weighted by Crippen LogP contribution is -2.48. The standard InChI is InChI=1S/C18H24N2O3/c1-10-3-4-11(2)15(7-10)19-17(22)18(23)20-16-13-6-5-12(8-13)14(16)9-21/h3-4,7,12-14,16,21H,5-6,8-9H2,1-2H3,(H,19,22)(H,20,23)/t12-,13-,14+,16+/m0/s1. The Kier molecular flexibility index (Phi) is 4.39. The second-order valence-corrected chi connectivity index (χ2v) is 6.95. The van der Waals surface area contributed by atoms with E-state index in [1.54, 1.807) is 0 Å². The highest BCUT2D eigenvalue weighted by atomic mass is 16.3. The number of anilines is 1. The Labute approximate surface area is 136 Å². The van der Waals surface area contributed by atoms with E-state index in [9.17, 15) is 14.7 Å². The fourth-order valence-electron chi connectivity index (χ4n) is 4.16. The van der Waals surface area contributed by atoms with Crippen LogP contribution in [0.2, 0.25) is 0 Å². The Morgan fingerprint density at radius 3 is 2.65 bits per heavy atom. The minimum Gasteiger partial charge on any atom is -0.396 e. The summed E-state index contributed by atoms with van der Waals surface area (Å²) in [6.45, 7) is 3.91. The van der Waals surface area contributed by atoms with Crippen molar-refractivity contribution in [2.24, 2.45) is 17.8 Å². The van der Waals surface area contributed by atoms with Gasteiger partial charge in [-0.2, -0.15) is 0 Å². The number of aryl methyl sites for hydroxylation is 2. The molecule has 0 saturated heterocycles. The number of hydrogen-bond acceptors (Lipinski definition) is 3. The van der Waals surface area contributed by atoms with Gasteiger partial charge in [0.25, 0.3) is 0 Å². The van der Waals surface area contributed by atoms with Crippen molar-refractivity contribution in [1.82, 2.24) is 5.32 Å². The lowest BCUT2D eigenvalue weighted by molar-refractivity contribution is -0.137. The van der Waals surface area contributed by atoms with Crippen LogP contribution in [-0.2, 0) is 9.59 Å². The van der Waals surface area contributed by atoms with E-state index in [-0.39, 0.29) is 18.6 Å². The molecule has 0 aliphatic heterocycles. The smallest absolute Gasteiger partial charge is 0.313 e. The number of benzene rings is 1. The number of carbonyl (C=O) groups is 2. The molecule has 3 rings (SSSR count). The normalized spacial score (nSPS) is 28.7. The zero-order valence-corrected chi connectivity index (χ0v) is 13.6. The second-order valence-electron chi connectivity index (χ2n) is 6.95. The summed E-state index contributed by atoms with van der Waals surface area (Å²) >= 11 is 0. The summed E-state index contributed by atoms with van der Waals surface area (Å²) in [5.41, 5.74) is 2.61. The molecule has 124 valence electrons. The van der Waals surface area contributed by atoms with Gasteiger partial charge in [-0.3, -0.25) is 9.59 Å². The second kappa shape index (κ2) is 6.32. The highest BCUT2D eigenvalue weighted by molar-refractivity contribution is 6.39. The molecule has 2 amide bonds. The number of carbonyl (C=O) groups excluding carboxylic acids is 2. The van der Waals surface area contributed by atoms with Crippen LogP contribution in [0.4, 0.5) is 5.69 Å². The first-order valence-electron chi connectivity index (χ1n) is 8.29. The van der Waals surface area contributed by atoms with Gasteiger partial charge in [0.05, 0.1) is 0 Å². The third-order valence-corrected chi connectivity index (χ3v) is 5.44. The summed E-state index contributed by atoms with van der Waals surface area (Å²) in [5, 5.41) is 15.1. The summed E-state index contributed by atoms with van der Waals surface area (Å²) < 4.78 is 0. The van der Waals surface area contributed by atoms with Crippen molar-refractivity contribution in [2.75, 3.05) is 11.9 Å². The topological polar surface area (TPSA) is 78.4 Å². The van der Waals surface area contributed by atoms with E-state index < -0.39 is 11.8 Å². The van der Waals surface area contributed by atoms with Gasteiger partial charge in [-0.1, -0.05) is 12.1 Å². The molecular weight excluding hydrogens is 292 g/mol. The molecule has 5 heteroatoms. The number of aliphatic hydroxyl groups is 1. The molecule has 5 nitrogen and oxygen atoms in total. The fourth-order valence-corrected chi connectivity index (χ4v) is 4.16. The van der Waals surface area contributed by atoms with Gasteiger partial charge >= 0.3 is 11.8 Å². The highest BCUT2D eigenvalue weighted by Gasteiger charge is 2.48. The molecule has 3 N–H and O–H groups in total. The molecule has 0 unspecified atom stereocenters. The number of aliphatic hydroxyl groups excluding tert-OH is 1. The predicted molar refractivity (Wildman–Crippen MR) is 87.9 cm³/mol. The van der Waals surface area contributed by atoms with Gasteiger partial charge in [-0.25, -0.2) is 0 Å². The lowest BCUT2D eigenvalue weighted by atomic mass is 9.85. The molecular formula is C18H24N2O3. The zero-order chi connectivity index (χ0) is 16.6. The van der Waals surface area contributed by atoms with Crippen molar-refractivity contribution < 1.29 is 14.7 Å². The van der Waals surface area contributed by atoms with Crippen molar-refractivity contribution >= 4 is 17.5 Å². The van der Waals surface area contributed by atoms with E-state index in [4.69, 9.17) is 0 Å². The number of rotatable bonds is 3. The first-order chi connectivity index (χ1) is 11.0. The zero-order valence-electron chi connectivity index (χ0n) is 13.6. The predicted octanol–water partition coefficient (Wildman–Crippen LogP) is 1.77. The van der Waals surface area contributed by atoms with Crippen LogP contribution in [0.25, 0.3) is 0 Å². The molecule has 2 bridgehead atoms. The summed E-state index contributed by atoms with van der Waals surface area (Å²) in [7, 11) is 0. The number of nitrogens with one attached hydrogen (secondary N) is 2. The van der Waals surface area contributed by atoms with Gasteiger partial charge < -0.3 is 15.7 Å². The summed E-state index contributed by atoms with van der Waals surface area (Å²) in [5.74, 6) is -0.279. The summed E-state index contributed by atoms with van der Waals surface area (Å²) in [6, 6.07) is 5.66. The number of amides is 2. The first-order valence-corrected chi connectivity index (χ1v) is 8.29. The van der Waals surface area contributed by atoms with Gasteiger partial charge in [0, 0.05) is 24.3 Å². The molecule has 23 heavy (non-hydrogen) atoms. The van der Waals surface area contributed by atoms with E-state index in [1.807, 2.05) is 32.0 Å². The van der Waals surface area contributed by atoms with Crippen molar-refractivity contribution in [1.29, 1.82) is 0 Å². The summed E-state index contributed by atoms with van der Waals surface area (Å²) in [4.78, 5) is 24.4. The van der Waals surface area contributed by atoms with E-state index in [1.165, 1.54) is 0 Å². The molecule has 1 aromatic carbocycles. The van der Waals surface area contributed by atoms with Crippen LogP contribution in [0.1, 0.15) is 30.4 Å². The van der Waals surface area contributed by atoms with E-state index in [2.05, 4.69) is 10.6 Å². The molecule has 0 heterocycles. The Morgan fingerprint density at radius 1 is 1.17 bits per heavy atom. The monoisotopic (exact) mass is 316 g/mol. The van der Waals surface area contributed by atoms with E-state index >= 15 is 0 Å². The lowest BCUT2D eigenvalue weighted by Gasteiger charge is -2.30. The van der Waals surface area contributed by atoms with Crippen LogP contribution in [0.5, 0.6) is 0 Å². The quantitative estimate of drug-likeness (QED) is 0.744. The van der Waals surface area contributed by atoms with Crippen LogP contribution < -0.4 is 10.6 Å². The Hall–Kier alpha value is -1.88. The highest BCUT2D eigenvalue weighted by Crippen LogP contribution is 2.48. The molecule has 1 aromatic rings. The average molecular weight is 316 g/mol. The minimum absolute atomic E-state index is 0.0735. The van der Waals surface area contributed by atoms with Gasteiger partial charge in [-0.15, -0.1) is 0 Å². The molecule has 0 spiro atoms.